The highest BCUT2D eigenvalue weighted by molar-refractivity contribution is 5.98. The molecule has 0 aliphatic carbocycles. The maximum Gasteiger partial charge on any atom is 0.318 e. The number of piperidine rings is 1. The van der Waals surface area contributed by atoms with Crippen molar-refractivity contribution in [2.75, 3.05) is 19.6 Å². The molecule has 2 N–H and O–H groups in total. The third kappa shape index (κ3) is 5.31. The highest BCUT2D eigenvalue weighted by atomic mass is 16.2. The van der Waals surface area contributed by atoms with Gasteiger partial charge in [0.25, 0.3) is 0 Å². The van der Waals surface area contributed by atoms with E-state index < -0.39 is 6.04 Å². The van der Waals surface area contributed by atoms with E-state index >= 15 is 0 Å². The molecular formula is C20H29N3O3. The monoisotopic (exact) mass is 359 g/mol. The summed E-state index contributed by atoms with van der Waals surface area (Å²) in [5.41, 5.74) is 1.87. The maximum atomic E-state index is 12.6. The summed E-state index contributed by atoms with van der Waals surface area (Å²) in [6.45, 7) is 7.30. The summed E-state index contributed by atoms with van der Waals surface area (Å²) < 4.78 is 0. The fourth-order valence-electron chi connectivity index (χ4n) is 3.04. The number of hydrogen-bond donors (Lipinski definition) is 2. The molecule has 3 amide bonds. The predicted octanol–water partition coefficient (Wildman–Crippen LogP) is 2.51. The Bertz CT molecular complexity index is 634. The lowest BCUT2D eigenvalue weighted by molar-refractivity contribution is -0.122. The Balaban J connectivity index is 1.81. The van der Waals surface area contributed by atoms with Gasteiger partial charge in [-0.05, 0) is 33.1 Å². The van der Waals surface area contributed by atoms with E-state index in [0.717, 1.165) is 17.5 Å². The summed E-state index contributed by atoms with van der Waals surface area (Å²) in [5.74, 6) is -0.0750. The minimum Gasteiger partial charge on any atom is -0.354 e. The zero-order chi connectivity index (χ0) is 19.1. The second kappa shape index (κ2) is 9.36. The van der Waals surface area contributed by atoms with Crippen LogP contribution in [0.25, 0.3) is 0 Å². The van der Waals surface area contributed by atoms with Crippen molar-refractivity contribution in [3.05, 3.63) is 35.4 Å². The average Bonchev–Trinajstić information content (AvgIpc) is 2.66. The van der Waals surface area contributed by atoms with E-state index in [1.807, 2.05) is 38.1 Å². The Morgan fingerprint density at radius 3 is 2.35 bits per heavy atom. The molecule has 0 saturated carbocycles. The summed E-state index contributed by atoms with van der Waals surface area (Å²) in [6, 6.07) is 6.81. The van der Waals surface area contributed by atoms with Gasteiger partial charge in [0.15, 0.2) is 5.78 Å². The molecule has 0 bridgehead atoms. The average molecular weight is 359 g/mol. The molecule has 0 aromatic heterocycles. The lowest BCUT2D eigenvalue weighted by Gasteiger charge is -2.32. The molecule has 0 spiro atoms. The summed E-state index contributed by atoms with van der Waals surface area (Å²) in [5, 5.41) is 5.50. The van der Waals surface area contributed by atoms with Crippen LogP contribution >= 0.6 is 0 Å². The zero-order valence-electron chi connectivity index (χ0n) is 15.9. The minimum absolute atomic E-state index is 0.0490. The van der Waals surface area contributed by atoms with Crippen molar-refractivity contribution in [2.24, 2.45) is 5.92 Å². The Labute approximate surface area is 155 Å². The third-order valence-corrected chi connectivity index (χ3v) is 4.77. The van der Waals surface area contributed by atoms with Gasteiger partial charge < -0.3 is 15.5 Å². The first-order valence-corrected chi connectivity index (χ1v) is 9.36. The van der Waals surface area contributed by atoms with Gasteiger partial charge in [-0.25, -0.2) is 4.79 Å². The van der Waals surface area contributed by atoms with Crippen molar-refractivity contribution in [1.82, 2.24) is 15.5 Å². The molecule has 1 heterocycles. The normalized spacial score (nSPS) is 16.0. The number of hydrogen-bond acceptors (Lipinski definition) is 3. The molecule has 26 heavy (non-hydrogen) atoms. The quantitative estimate of drug-likeness (QED) is 0.766. The van der Waals surface area contributed by atoms with E-state index in [1.165, 1.54) is 0 Å². The first-order valence-electron chi connectivity index (χ1n) is 9.36. The number of amides is 3. The van der Waals surface area contributed by atoms with Gasteiger partial charge in [0.05, 0.1) is 0 Å². The van der Waals surface area contributed by atoms with E-state index in [9.17, 15) is 14.4 Å². The Hall–Kier alpha value is -2.37. The van der Waals surface area contributed by atoms with Gasteiger partial charge in [0.1, 0.15) is 6.04 Å². The van der Waals surface area contributed by atoms with Crippen LogP contribution in [0.5, 0.6) is 0 Å². The number of rotatable bonds is 6. The van der Waals surface area contributed by atoms with E-state index in [4.69, 9.17) is 0 Å². The summed E-state index contributed by atoms with van der Waals surface area (Å²) in [4.78, 5) is 38.4. The summed E-state index contributed by atoms with van der Waals surface area (Å²) >= 11 is 0. The first kappa shape index (κ1) is 19.9. The number of carbonyl (C=O) groups excluding carboxylic acids is 3. The van der Waals surface area contributed by atoms with Gasteiger partial charge in [-0.1, -0.05) is 36.8 Å². The van der Waals surface area contributed by atoms with Crippen LogP contribution in [0.15, 0.2) is 24.3 Å². The molecule has 1 unspecified atom stereocenters. The molecule has 0 radical (unpaired) electrons. The van der Waals surface area contributed by atoms with Crippen molar-refractivity contribution in [3.63, 3.8) is 0 Å². The Morgan fingerprint density at radius 1 is 1.15 bits per heavy atom. The standard InChI is InChI=1S/C20H29N3O3/c1-4-11-21-19(25)15(3)22-20(26)23-12-9-17(10-13-23)18(24)16-7-5-14(2)6-8-16/h5-8,15,17H,4,9-13H2,1-3H3,(H,21,25)(H,22,26). The van der Waals surface area contributed by atoms with Crippen molar-refractivity contribution in [2.45, 2.75) is 46.1 Å². The number of aryl methyl sites for hydroxylation is 1. The van der Waals surface area contributed by atoms with Crippen LogP contribution < -0.4 is 10.6 Å². The lowest BCUT2D eigenvalue weighted by Crippen LogP contribution is -2.52. The van der Waals surface area contributed by atoms with Crippen LogP contribution in [0.3, 0.4) is 0 Å². The molecule has 1 saturated heterocycles. The van der Waals surface area contributed by atoms with E-state index in [-0.39, 0.29) is 23.6 Å². The van der Waals surface area contributed by atoms with E-state index in [1.54, 1.807) is 11.8 Å². The fraction of sp³-hybridized carbons (Fsp3) is 0.550. The second-order valence-electron chi connectivity index (χ2n) is 6.95. The van der Waals surface area contributed by atoms with Crippen LogP contribution in [0.1, 0.15) is 49.0 Å². The highest BCUT2D eigenvalue weighted by Gasteiger charge is 2.29. The highest BCUT2D eigenvalue weighted by Crippen LogP contribution is 2.22. The Kier molecular flexibility index (Phi) is 7.18. The largest absolute Gasteiger partial charge is 0.354 e. The predicted molar refractivity (Wildman–Crippen MR) is 101 cm³/mol. The minimum atomic E-state index is -0.569. The van der Waals surface area contributed by atoms with Gasteiger partial charge in [-0.3, -0.25) is 9.59 Å². The molecule has 1 aliphatic heterocycles. The number of benzene rings is 1. The first-order chi connectivity index (χ1) is 12.4. The number of urea groups is 1. The zero-order valence-corrected chi connectivity index (χ0v) is 15.9. The molecule has 6 nitrogen and oxygen atoms in total. The van der Waals surface area contributed by atoms with E-state index in [0.29, 0.717) is 32.5 Å². The van der Waals surface area contributed by atoms with Crippen molar-refractivity contribution >= 4 is 17.7 Å². The molecule has 1 atom stereocenters. The number of ketones is 1. The van der Waals surface area contributed by atoms with Crippen LogP contribution in [0.4, 0.5) is 4.79 Å². The Morgan fingerprint density at radius 2 is 1.77 bits per heavy atom. The maximum absolute atomic E-state index is 12.6. The van der Waals surface area contributed by atoms with Gasteiger partial charge >= 0.3 is 6.03 Å². The molecule has 6 heteroatoms. The topological polar surface area (TPSA) is 78.5 Å². The number of nitrogens with one attached hydrogen (secondary N) is 2. The molecule has 1 aromatic rings. The van der Waals surface area contributed by atoms with Gasteiger partial charge in [0.2, 0.25) is 5.91 Å². The van der Waals surface area contributed by atoms with Crippen LogP contribution in [0, 0.1) is 12.8 Å². The molecule has 2 rings (SSSR count). The van der Waals surface area contributed by atoms with Gasteiger partial charge in [-0.2, -0.15) is 0 Å². The molecular weight excluding hydrogens is 330 g/mol. The van der Waals surface area contributed by atoms with Crippen LogP contribution in [-0.4, -0.2) is 48.3 Å². The second-order valence-corrected chi connectivity index (χ2v) is 6.95. The van der Waals surface area contributed by atoms with Crippen molar-refractivity contribution < 1.29 is 14.4 Å². The van der Waals surface area contributed by atoms with Crippen molar-refractivity contribution in [1.29, 1.82) is 0 Å². The van der Waals surface area contributed by atoms with Crippen molar-refractivity contribution in [3.8, 4) is 0 Å². The SMILES string of the molecule is CCCNC(=O)C(C)NC(=O)N1CCC(C(=O)c2ccc(C)cc2)CC1. The lowest BCUT2D eigenvalue weighted by atomic mass is 9.89. The summed E-state index contributed by atoms with van der Waals surface area (Å²) in [7, 11) is 0. The van der Waals surface area contributed by atoms with E-state index in [2.05, 4.69) is 10.6 Å². The number of likely N-dealkylation sites (tertiary alicyclic amines) is 1. The van der Waals surface area contributed by atoms with Crippen LogP contribution in [0.2, 0.25) is 0 Å². The molecule has 142 valence electrons. The van der Waals surface area contributed by atoms with Crippen LogP contribution in [-0.2, 0) is 4.79 Å². The number of carbonyl (C=O) groups is 3. The number of Topliss-reactive ketones (excluding diaryl/α,β-unsaturated/α-hetero) is 1. The molecule has 1 aromatic carbocycles. The fourth-order valence-corrected chi connectivity index (χ4v) is 3.04. The third-order valence-electron chi connectivity index (χ3n) is 4.77. The molecule has 1 aliphatic rings. The number of nitrogens with zero attached hydrogens (tertiary/aromatic N) is 1. The smallest absolute Gasteiger partial charge is 0.318 e. The summed E-state index contributed by atoms with van der Waals surface area (Å²) in [6.07, 6.45) is 2.15. The van der Waals surface area contributed by atoms with Gasteiger partial charge in [0, 0.05) is 31.1 Å². The van der Waals surface area contributed by atoms with Gasteiger partial charge in [-0.15, -0.1) is 0 Å². The molecule has 1 fully saturated rings.